The van der Waals surface area contributed by atoms with Gasteiger partial charge in [0.2, 0.25) is 0 Å². The minimum Gasteiger partial charge on any atom is -0.399 e. The van der Waals surface area contributed by atoms with Gasteiger partial charge in [-0.25, -0.2) is 8.42 Å². The van der Waals surface area contributed by atoms with E-state index < -0.39 is 15.9 Å². The molecule has 0 aliphatic heterocycles. The summed E-state index contributed by atoms with van der Waals surface area (Å²) in [6, 6.07) is 6.54. The highest BCUT2D eigenvalue weighted by Gasteiger charge is 2.15. The SMILES string of the molecule is CC(CS(C)(=O)=O)NC(=O)c1cc2cc(N)ccc2[nH]1. The van der Waals surface area contributed by atoms with Gasteiger partial charge in [-0.1, -0.05) is 0 Å². The summed E-state index contributed by atoms with van der Waals surface area (Å²) >= 11 is 0. The Kier molecular flexibility index (Phi) is 3.71. The first kappa shape index (κ1) is 14.4. The lowest BCUT2D eigenvalue weighted by Gasteiger charge is -2.11. The number of nitrogen functional groups attached to an aromatic ring is 1. The first-order valence-electron chi connectivity index (χ1n) is 6.11. The van der Waals surface area contributed by atoms with Crippen molar-refractivity contribution >= 4 is 32.3 Å². The summed E-state index contributed by atoms with van der Waals surface area (Å²) in [4.78, 5) is 15.0. The van der Waals surface area contributed by atoms with Gasteiger partial charge < -0.3 is 16.0 Å². The van der Waals surface area contributed by atoms with E-state index in [2.05, 4.69) is 10.3 Å². The van der Waals surface area contributed by atoms with Crippen molar-refractivity contribution in [3.05, 3.63) is 30.0 Å². The first-order valence-corrected chi connectivity index (χ1v) is 8.17. The van der Waals surface area contributed by atoms with Crippen molar-refractivity contribution in [2.75, 3.05) is 17.7 Å². The summed E-state index contributed by atoms with van der Waals surface area (Å²) in [5.74, 6) is -0.428. The highest BCUT2D eigenvalue weighted by molar-refractivity contribution is 7.90. The molecule has 1 unspecified atom stereocenters. The average molecular weight is 295 g/mol. The maximum absolute atomic E-state index is 12.0. The van der Waals surface area contributed by atoms with E-state index in [-0.39, 0.29) is 11.7 Å². The molecule has 2 aromatic rings. The zero-order chi connectivity index (χ0) is 14.9. The molecule has 1 aromatic carbocycles. The van der Waals surface area contributed by atoms with Crippen molar-refractivity contribution in [3.8, 4) is 0 Å². The lowest BCUT2D eigenvalue weighted by Crippen LogP contribution is -2.37. The molecule has 6 nitrogen and oxygen atoms in total. The quantitative estimate of drug-likeness (QED) is 0.729. The van der Waals surface area contributed by atoms with E-state index in [1.807, 2.05) is 0 Å². The third-order valence-corrected chi connectivity index (χ3v) is 3.93. The first-order chi connectivity index (χ1) is 9.24. The fraction of sp³-hybridized carbons (Fsp3) is 0.308. The van der Waals surface area contributed by atoms with E-state index in [0.29, 0.717) is 11.4 Å². The smallest absolute Gasteiger partial charge is 0.267 e. The number of benzene rings is 1. The fourth-order valence-electron chi connectivity index (χ4n) is 2.07. The number of amides is 1. The molecule has 0 bridgehead atoms. The van der Waals surface area contributed by atoms with Crippen molar-refractivity contribution in [1.82, 2.24) is 10.3 Å². The second kappa shape index (κ2) is 5.16. The Morgan fingerprint density at radius 3 is 2.75 bits per heavy atom. The number of H-pyrrole nitrogens is 1. The van der Waals surface area contributed by atoms with Crippen LogP contribution in [0.4, 0.5) is 5.69 Å². The molecular formula is C13H17N3O3S. The van der Waals surface area contributed by atoms with Gasteiger partial charge in [-0.05, 0) is 31.2 Å². The number of aromatic amines is 1. The molecule has 1 aromatic heterocycles. The van der Waals surface area contributed by atoms with Crippen molar-refractivity contribution in [2.24, 2.45) is 0 Å². The van der Waals surface area contributed by atoms with Crippen LogP contribution in [0, 0.1) is 0 Å². The molecule has 0 saturated heterocycles. The van der Waals surface area contributed by atoms with Gasteiger partial charge in [0.1, 0.15) is 15.5 Å². The second-order valence-corrected chi connectivity index (χ2v) is 7.18. The molecule has 20 heavy (non-hydrogen) atoms. The Bertz CT molecular complexity index is 749. The molecule has 7 heteroatoms. The molecule has 0 radical (unpaired) electrons. The standard InChI is InChI=1S/C13H17N3O3S/c1-8(7-20(2,18)19)15-13(17)12-6-9-5-10(14)3-4-11(9)16-12/h3-6,8,16H,7,14H2,1-2H3,(H,15,17). The van der Waals surface area contributed by atoms with Crippen LogP contribution in [0.5, 0.6) is 0 Å². The number of fused-ring (bicyclic) bond motifs is 1. The molecule has 1 heterocycles. The van der Waals surface area contributed by atoms with Crippen molar-refractivity contribution in [3.63, 3.8) is 0 Å². The van der Waals surface area contributed by atoms with Crippen LogP contribution >= 0.6 is 0 Å². The number of hydrogen-bond donors (Lipinski definition) is 3. The third kappa shape index (κ3) is 3.51. The topological polar surface area (TPSA) is 105 Å². The Labute approximate surface area is 117 Å². The summed E-state index contributed by atoms with van der Waals surface area (Å²) in [6.07, 6.45) is 1.14. The van der Waals surface area contributed by atoms with Crippen molar-refractivity contribution < 1.29 is 13.2 Å². The van der Waals surface area contributed by atoms with E-state index in [1.54, 1.807) is 31.2 Å². The second-order valence-electron chi connectivity index (χ2n) is 5.00. The Morgan fingerprint density at radius 1 is 1.40 bits per heavy atom. The molecule has 0 saturated carbocycles. The maximum atomic E-state index is 12.0. The molecule has 1 amide bonds. The average Bonchev–Trinajstić information content (AvgIpc) is 2.68. The van der Waals surface area contributed by atoms with Crippen LogP contribution in [-0.2, 0) is 9.84 Å². The monoisotopic (exact) mass is 295 g/mol. The van der Waals surface area contributed by atoms with Gasteiger partial charge in [-0.15, -0.1) is 0 Å². The van der Waals surface area contributed by atoms with Gasteiger partial charge in [0.25, 0.3) is 5.91 Å². The maximum Gasteiger partial charge on any atom is 0.267 e. The highest BCUT2D eigenvalue weighted by Crippen LogP contribution is 2.18. The van der Waals surface area contributed by atoms with Crippen LogP contribution in [0.15, 0.2) is 24.3 Å². The zero-order valence-electron chi connectivity index (χ0n) is 11.3. The fourth-order valence-corrected chi connectivity index (χ4v) is 3.06. The molecule has 0 aliphatic rings. The number of rotatable bonds is 4. The Morgan fingerprint density at radius 2 is 2.10 bits per heavy atom. The van der Waals surface area contributed by atoms with Crippen molar-refractivity contribution in [1.29, 1.82) is 0 Å². The van der Waals surface area contributed by atoms with Gasteiger partial charge in [-0.3, -0.25) is 4.79 Å². The predicted molar refractivity (Wildman–Crippen MR) is 79.4 cm³/mol. The van der Waals surface area contributed by atoms with E-state index in [0.717, 1.165) is 17.2 Å². The van der Waals surface area contributed by atoms with Crippen LogP contribution in [0.25, 0.3) is 10.9 Å². The van der Waals surface area contributed by atoms with Crippen LogP contribution in [0.1, 0.15) is 17.4 Å². The highest BCUT2D eigenvalue weighted by atomic mass is 32.2. The summed E-state index contributed by atoms with van der Waals surface area (Å²) < 4.78 is 22.3. The third-order valence-electron chi connectivity index (χ3n) is 2.82. The molecule has 4 N–H and O–H groups in total. The number of carbonyl (C=O) groups is 1. The van der Waals surface area contributed by atoms with Gasteiger partial charge >= 0.3 is 0 Å². The largest absolute Gasteiger partial charge is 0.399 e. The molecule has 0 spiro atoms. The van der Waals surface area contributed by atoms with E-state index in [4.69, 9.17) is 5.73 Å². The number of nitrogens with two attached hydrogens (primary N) is 1. The molecule has 0 fully saturated rings. The van der Waals surface area contributed by atoms with E-state index in [1.165, 1.54) is 0 Å². The summed E-state index contributed by atoms with van der Waals surface area (Å²) in [7, 11) is -3.12. The minimum atomic E-state index is -3.12. The number of nitrogens with one attached hydrogen (secondary N) is 2. The normalized spacial score (nSPS) is 13.3. The number of carbonyl (C=O) groups excluding carboxylic acids is 1. The molecule has 2 rings (SSSR count). The molecule has 108 valence electrons. The van der Waals surface area contributed by atoms with Gasteiger partial charge in [0.15, 0.2) is 0 Å². The summed E-state index contributed by atoms with van der Waals surface area (Å²) in [5, 5.41) is 3.49. The van der Waals surface area contributed by atoms with Gasteiger partial charge in [-0.2, -0.15) is 0 Å². The number of anilines is 1. The molecule has 1 atom stereocenters. The molecular weight excluding hydrogens is 278 g/mol. The number of sulfone groups is 1. The van der Waals surface area contributed by atoms with Crippen LogP contribution in [0.2, 0.25) is 0 Å². The molecule has 0 aliphatic carbocycles. The Balaban J connectivity index is 2.15. The van der Waals surface area contributed by atoms with Crippen molar-refractivity contribution in [2.45, 2.75) is 13.0 Å². The lowest BCUT2D eigenvalue weighted by atomic mass is 10.2. The van der Waals surface area contributed by atoms with Gasteiger partial charge in [0.05, 0.1) is 5.75 Å². The van der Waals surface area contributed by atoms with Crippen LogP contribution < -0.4 is 11.1 Å². The summed E-state index contributed by atoms with van der Waals surface area (Å²) in [5.41, 5.74) is 7.48. The van der Waals surface area contributed by atoms with Crippen LogP contribution in [0.3, 0.4) is 0 Å². The van der Waals surface area contributed by atoms with Crippen LogP contribution in [-0.4, -0.2) is 37.4 Å². The number of hydrogen-bond acceptors (Lipinski definition) is 4. The minimum absolute atomic E-state index is 0.0914. The predicted octanol–water partition coefficient (Wildman–Crippen LogP) is 0.913. The van der Waals surface area contributed by atoms with E-state index >= 15 is 0 Å². The lowest BCUT2D eigenvalue weighted by molar-refractivity contribution is 0.0939. The van der Waals surface area contributed by atoms with Gasteiger partial charge in [0, 0.05) is 28.9 Å². The number of aromatic nitrogens is 1. The summed E-state index contributed by atoms with van der Waals surface area (Å²) in [6.45, 7) is 1.65. The zero-order valence-corrected chi connectivity index (χ0v) is 12.1. The Hall–Kier alpha value is -2.02. The van der Waals surface area contributed by atoms with E-state index in [9.17, 15) is 13.2 Å².